The van der Waals surface area contributed by atoms with Crippen LogP contribution >= 0.6 is 0 Å². The minimum Gasteiger partial charge on any atom is -0.300 e. The van der Waals surface area contributed by atoms with E-state index in [2.05, 4.69) is 39.5 Å². The molecular weight excluding hydrogens is 230 g/mol. The monoisotopic (exact) mass is 269 g/mol. The number of unbranched alkanes of at least 4 members (excludes halogenated alkanes) is 2. The molecule has 0 rings (SSSR count). The molecule has 2 unspecified atom stereocenters. The van der Waals surface area contributed by atoms with Crippen LogP contribution < -0.4 is 0 Å². The van der Waals surface area contributed by atoms with E-state index in [1.165, 1.54) is 70.9 Å². The largest absolute Gasteiger partial charge is 0.300 e. The summed E-state index contributed by atoms with van der Waals surface area (Å²) in [5.41, 5.74) is 0. The second kappa shape index (κ2) is 13.0. The van der Waals surface area contributed by atoms with Crippen LogP contribution in [0.5, 0.6) is 0 Å². The lowest BCUT2D eigenvalue weighted by Crippen LogP contribution is -2.37. The molecule has 0 spiro atoms. The van der Waals surface area contributed by atoms with Gasteiger partial charge in [0.25, 0.3) is 0 Å². The van der Waals surface area contributed by atoms with Crippen LogP contribution in [0.3, 0.4) is 0 Å². The van der Waals surface area contributed by atoms with Crippen molar-refractivity contribution in [3.8, 4) is 0 Å². The smallest absolute Gasteiger partial charge is 0.00951 e. The van der Waals surface area contributed by atoms with Crippen LogP contribution in [0, 0.1) is 5.92 Å². The molecule has 0 amide bonds. The van der Waals surface area contributed by atoms with E-state index in [1.807, 2.05) is 0 Å². The first-order chi connectivity index (χ1) is 9.19. The number of nitrogens with zero attached hydrogens (tertiary/aromatic N) is 1. The molecule has 0 radical (unpaired) electrons. The molecule has 19 heavy (non-hydrogen) atoms. The van der Waals surface area contributed by atoms with E-state index in [4.69, 9.17) is 0 Å². The first-order valence-electron chi connectivity index (χ1n) is 8.93. The first kappa shape index (κ1) is 19.0. The molecule has 0 aliphatic heterocycles. The van der Waals surface area contributed by atoms with Gasteiger partial charge in [0.15, 0.2) is 0 Å². The summed E-state index contributed by atoms with van der Waals surface area (Å²) in [6.07, 6.45) is 12.3. The van der Waals surface area contributed by atoms with Crippen molar-refractivity contribution in [3.63, 3.8) is 0 Å². The van der Waals surface area contributed by atoms with E-state index < -0.39 is 0 Å². The van der Waals surface area contributed by atoms with Crippen LogP contribution in [0.15, 0.2) is 0 Å². The highest BCUT2D eigenvalue weighted by atomic mass is 15.1. The zero-order valence-electron chi connectivity index (χ0n) is 14.4. The SMILES string of the molecule is CCCCCC(CCC)N(CCC)CCC(C)CC. The summed E-state index contributed by atoms with van der Waals surface area (Å²) in [6.45, 7) is 14.3. The maximum absolute atomic E-state index is 2.80. The maximum Gasteiger partial charge on any atom is 0.00951 e. The fraction of sp³-hybridized carbons (Fsp3) is 1.00. The summed E-state index contributed by atoms with van der Waals surface area (Å²) in [5.74, 6) is 0.886. The maximum atomic E-state index is 2.80. The number of hydrogen-bond acceptors (Lipinski definition) is 1. The molecule has 0 fully saturated rings. The van der Waals surface area contributed by atoms with Crippen LogP contribution in [0.1, 0.15) is 92.4 Å². The molecule has 0 aromatic heterocycles. The van der Waals surface area contributed by atoms with Crippen molar-refractivity contribution in [2.24, 2.45) is 5.92 Å². The van der Waals surface area contributed by atoms with Gasteiger partial charge in [0, 0.05) is 6.04 Å². The van der Waals surface area contributed by atoms with Crippen LogP contribution in [0.2, 0.25) is 0 Å². The van der Waals surface area contributed by atoms with Crippen molar-refractivity contribution >= 4 is 0 Å². The molecule has 0 aliphatic rings. The third kappa shape index (κ3) is 9.49. The van der Waals surface area contributed by atoms with E-state index in [0.29, 0.717) is 0 Å². The van der Waals surface area contributed by atoms with Crippen LogP contribution in [-0.2, 0) is 0 Å². The van der Waals surface area contributed by atoms with Gasteiger partial charge in [0.05, 0.1) is 0 Å². The fourth-order valence-electron chi connectivity index (χ4n) is 2.83. The quantitative estimate of drug-likeness (QED) is 0.377. The van der Waals surface area contributed by atoms with Crippen molar-refractivity contribution in [3.05, 3.63) is 0 Å². The summed E-state index contributed by atoms with van der Waals surface area (Å²) in [4.78, 5) is 2.80. The minimum absolute atomic E-state index is 0.848. The Morgan fingerprint density at radius 1 is 0.737 bits per heavy atom. The average molecular weight is 270 g/mol. The van der Waals surface area contributed by atoms with E-state index in [-0.39, 0.29) is 0 Å². The summed E-state index contributed by atoms with van der Waals surface area (Å²) < 4.78 is 0. The first-order valence-corrected chi connectivity index (χ1v) is 8.93. The minimum atomic E-state index is 0.848. The molecule has 0 N–H and O–H groups in total. The highest BCUT2D eigenvalue weighted by molar-refractivity contribution is 4.72. The Hall–Kier alpha value is -0.0400. The highest BCUT2D eigenvalue weighted by Gasteiger charge is 2.17. The Bertz CT molecular complexity index is 179. The molecule has 0 heterocycles. The number of rotatable bonds is 13. The van der Waals surface area contributed by atoms with Gasteiger partial charge in [-0.15, -0.1) is 0 Å². The molecule has 2 atom stereocenters. The van der Waals surface area contributed by atoms with Crippen molar-refractivity contribution in [1.29, 1.82) is 0 Å². The lowest BCUT2D eigenvalue weighted by Gasteiger charge is -2.32. The molecule has 1 nitrogen and oxygen atoms in total. The third-order valence-corrected chi connectivity index (χ3v) is 4.40. The lowest BCUT2D eigenvalue weighted by molar-refractivity contribution is 0.162. The standard InChI is InChI=1S/C18H39N/c1-6-10-11-13-18(12-7-2)19(15-8-3)16-14-17(5)9-4/h17-18H,6-16H2,1-5H3. The van der Waals surface area contributed by atoms with Crippen molar-refractivity contribution in [2.45, 2.75) is 98.4 Å². The summed E-state index contributed by atoms with van der Waals surface area (Å²) in [6, 6.07) is 0.848. The fourth-order valence-corrected chi connectivity index (χ4v) is 2.83. The molecule has 0 aromatic carbocycles. The Morgan fingerprint density at radius 2 is 1.47 bits per heavy atom. The van der Waals surface area contributed by atoms with Crippen molar-refractivity contribution < 1.29 is 0 Å². The van der Waals surface area contributed by atoms with Gasteiger partial charge in [-0.1, -0.05) is 66.7 Å². The van der Waals surface area contributed by atoms with E-state index in [0.717, 1.165) is 12.0 Å². The molecule has 1 heteroatoms. The van der Waals surface area contributed by atoms with Gasteiger partial charge in [-0.05, 0) is 44.7 Å². The van der Waals surface area contributed by atoms with Crippen LogP contribution in [0.4, 0.5) is 0 Å². The van der Waals surface area contributed by atoms with Crippen molar-refractivity contribution in [2.75, 3.05) is 13.1 Å². The van der Waals surface area contributed by atoms with Gasteiger partial charge in [-0.3, -0.25) is 0 Å². The van der Waals surface area contributed by atoms with Crippen LogP contribution in [0.25, 0.3) is 0 Å². The zero-order valence-corrected chi connectivity index (χ0v) is 14.4. The lowest BCUT2D eigenvalue weighted by atomic mass is 9.99. The molecule has 0 bridgehead atoms. The highest BCUT2D eigenvalue weighted by Crippen LogP contribution is 2.18. The Labute approximate surface area is 123 Å². The summed E-state index contributed by atoms with van der Waals surface area (Å²) >= 11 is 0. The Balaban J connectivity index is 4.29. The van der Waals surface area contributed by atoms with Gasteiger partial charge in [0.2, 0.25) is 0 Å². The van der Waals surface area contributed by atoms with Crippen LogP contribution in [-0.4, -0.2) is 24.0 Å². The van der Waals surface area contributed by atoms with E-state index in [1.54, 1.807) is 0 Å². The van der Waals surface area contributed by atoms with Gasteiger partial charge in [0.1, 0.15) is 0 Å². The third-order valence-electron chi connectivity index (χ3n) is 4.40. The Morgan fingerprint density at radius 3 is 2.00 bits per heavy atom. The number of hydrogen-bond donors (Lipinski definition) is 0. The molecular formula is C18H39N. The van der Waals surface area contributed by atoms with Gasteiger partial charge >= 0.3 is 0 Å². The topological polar surface area (TPSA) is 3.24 Å². The van der Waals surface area contributed by atoms with Gasteiger partial charge in [-0.2, -0.15) is 0 Å². The summed E-state index contributed by atoms with van der Waals surface area (Å²) in [7, 11) is 0. The second-order valence-electron chi connectivity index (χ2n) is 6.28. The predicted octanol–water partition coefficient (Wildman–Crippen LogP) is 5.88. The Kier molecular flexibility index (Phi) is 12.9. The zero-order chi connectivity index (χ0) is 14.5. The predicted molar refractivity (Wildman–Crippen MR) is 88.8 cm³/mol. The van der Waals surface area contributed by atoms with E-state index >= 15 is 0 Å². The van der Waals surface area contributed by atoms with E-state index in [9.17, 15) is 0 Å². The molecule has 0 saturated heterocycles. The molecule has 116 valence electrons. The second-order valence-corrected chi connectivity index (χ2v) is 6.28. The van der Waals surface area contributed by atoms with Gasteiger partial charge in [-0.25, -0.2) is 0 Å². The molecule has 0 saturated carbocycles. The average Bonchev–Trinajstić information content (AvgIpc) is 2.42. The van der Waals surface area contributed by atoms with Crippen molar-refractivity contribution in [1.82, 2.24) is 4.90 Å². The summed E-state index contributed by atoms with van der Waals surface area (Å²) in [5, 5.41) is 0. The molecule has 0 aliphatic carbocycles. The van der Waals surface area contributed by atoms with Gasteiger partial charge < -0.3 is 4.90 Å². The normalized spacial score (nSPS) is 14.8. The molecule has 0 aromatic rings.